The van der Waals surface area contributed by atoms with Crippen LogP contribution in [-0.4, -0.2) is 17.1 Å². The Morgan fingerprint density at radius 1 is 1.15 bits per heavy atom. The van der Waals surface area contributed by atoms with Crippen LogP contribution in [0.25, 0.3) is 10.9 Å². The summed E-state index contributed by atoms with van der Waals surface area (Å²) >= 11 is 5.97. The van der Waals surface area contributed by atoms with Crippen LogP contribution in [-0.2, 0) is 0 Å². The predicted octanol–water partition coefficient (Wildman–Crippen LogP) is 4.04. The van der Waals surface area contributed by atoms with Crippen molar-refractivity contribution in [3.05, 3.63) is 53.7 Å². The van der Waals surface area contributed by atoms with Gasteiger partial charge in [-0.25, -0.2) is 9.97 Å². The normalized spacial score (nSPS) is 10.5. The van der Waals surface area contributed by atoms with Crippen LogP contribution in [0.1, 0.15) is 0 Å². The molecular weight excluding hydrogens is 274 g/mol. The number of aromatic nitrogens is 2. The fourth-order valence-corrected chi connectivity index (χ4v) is 2.05. The summed E-state index contributed by atoms with van der Waals surface area (Å²) in [6.07, 6.45) is 1.77. The highest BCUT2D eigenvalue weighted by atomic mass is 35.5. The maximum Gasteiger partial charge on any atom is 0.227 e. The second-order valence-electron chi connectivity index (χ2n) is 4.25. The molecule has 1 heterocycles. The summed E-state index contributed by atoms with van der Waals surface area (Å²) in [6.45, 7) is 0. The van der Waals surface area contributed by atoms with Gasteiger partial charge in [0, 0.05) is 28.4 Å². The zero-order valence-corrected chi connectivity index (χ0v) is 11.6. The topological polar surface area (TPSA) is 47.0 Å². The molecule has 20 heavy (non-hydrogen) atoms. The lowest BCUT2D eigenvalue weighted by molar-refractivity contribution is 0.415. The lowest BCUT2D eigenvalue weighted by Crippen LogP contribution is -1.97. The van der Waals surface area contributed by atoms with E-state index in [2.05, 4.69) is 15.3 Å². The molecule has 0 spiro atoms. The van der Waals surface area contributed by atoms with Crippen molar-refractivity contribution in [3.63, 3.8) is 0 Å². The van der Waals surface area contributed by atoms with Crippen molar-refractivity contribution in [1.29, 1.82) is 0 Å². The second kappa shape index (κ2) is 5.35. The minimum Gasteiger partial charge on any atom is -0.497 e. The van der Waals surface area contributed by atoms with Crippen molar-refractivity contribution >= 4 is 34.1 Å². The first-order chi connectivity index (χ1) is 9.74. The molecule has 100 valence electrons. The summed E-state index contributed by atoms with van der Waals surface area (Å²) in [5.74, 6) is 1.30. The van der Waals surface area contributed by atoms with Gasteiger partial charge in [0.05, 0.1) is 12.6 Å². The summed E-state index contributed by atoms with van der Waals surface area (Å²) < 4.78 is 5.18. The number of hydrogen-bond acceptors (Lipinski definition) is 4. The van der Waals surface area contributed by atoms with Crippen molar-refractivity contribution in [2.45, 2.75) is 0 Å². The van der Waals surface area contributed by atoms with Gasteiger partial charge in [-0.05, 0) is 30.3 Å². The van der Waals surface area contributed by atoms with E-state index in [1.165, 1.54) is 0 Å². The van der Waals surface area contributed by atoms with Gasteiger partial charge >= 0.3 is 0 Å². The maximum atomic E-state index is 5.97. The van der Waals surface area contributed by atoms with Crippen LogP contribution < -0.4 is 10.1 Å². The first kappa shape index (κ1) is 12.7. The molecule has 0 atom stereocenters. The monoisotopic (exact) mass is 285 g/mol. The predicted molar refractivity (Wildman–Crippen MR) is 80.8 cm³/mol. The van der Waals surface area contributed by atoms with Gasteiger partial charge in [0.1, 0.15) is 5.75 Å². The Morgan fingerprint density at radius 3 is 2.90 bits per heavy atom. The van der Waals surface area contributed by atoms with Gasteiger partial charge in [-0.15, -0.1) is 0 Å². The zero-order chi connectivity index (χ0) is 13.9. The van der Waals surface area contributed by atoms with E-state index in [-0.39, 0.29) is 0 Å². The van der Waals surface area contributed by atoms with Gasteiger partial charge in [-0.1, -0.05) is 17.7 Å². The third kappa shape index (κ3) is 2.65. The van der Waals surface area contributed by atoms with Crippen LogP contribution in [0.4, 0.5) is 11.6 Å². The van der Waals surface area contributed by atoms with Crippen molar-refractivity contribution in [2.75, 3.05) is 12.4 Å². The summed E-state index contributed by atoms with van der Waals surface area (Å²) in [6, 6.07) is 13.1. The number of nitrogens with zero attached hydrogens (tertiary/aromatic N) is 2. The highest BCUT2D eigenvalue weighted by molar-refractivity contribution is 6.31. The first-order valence-corrected chi connectivity index (χ1v) is 6.46. The largest absolute Gasteiger partial charge is 0.497 e. The molecule has 4 nitrogen and oxygen atoms in total. The van der Waals surface area contributed by atoms with Gasteiger partial charge in [0.2, 0.25) is 5.95 Å². The summed E-state index contributed by atoms with van der Waals surface area (Å²) in [7, 11) is 1.63. The number of anilines is 2. The Bertz CT molecular complexity index is 761. The highest BCUT2D eigenvalue weighted by Gasteiger charge is 2.02. The molecule has 0 saturated carbocycles. The molecule has 2 aromatic carbocycles. The fraction of sp³-hybridized carbons (Fsp3) is 0.0667. The number of fused-ring (bicyclic) bond motifs is 1. The smallest absolute Gasteiger partial charge is 0.227 e. The fourth-order valence-electron chi connectivity index (χ4n) is 1.89. The third-order valence-corrected chi connectivity index (χ3v) is 3.11. The molecule has 5 heteroatoms. The molecule has 0 radical (unpaired) electrons. The summed E-state index contributed by atoms with van der Waals surface area (Å²) in [5, 5.41) is 4.75. The zero-order valence-electron chi connectivity index (χ0n) is 10.8. The lowest BCUT2D eigenvalue weighted by atomic mass is 10.2. The van der Waals surface area contributed by atoms with Crippen molar-refractivity contribution < 1.29 is 4.74 Å². The van der Waals surface area contributed by atoms with Gasteiger partial charge < -0.3 is 10.1 Å². The molecule has 3 aromatic rings. The van der Waals surface area contributed by atoms with Crippen molar-refractivity contribution in [1.82, 2.24) is 9.97 Å². The molecule has 0 bridgehead atoms. The molecule has 0 aliphatic rings. The van der Waals surface area contributed by atoms with E-state index in [0.29, 0.717) is 11.0 Å². The molecule has 1 N–H and O–H groups in total. The number of ether oxygens (including phenoxy) is 1. The molecular formula is C15H12ClN3O. The molecule has 0 unspecified atom stereocenters. The molecule has 0 aliphatic carbocycles. The average molecular weight is 286 g/mol. The van der Waals surface area contributed by atoms with E-state index in [9.17, 15) is 0 Å². The molecule has 3 rings (SSSR count). The van der Waals surface area contributed by atoms with E-state index in [1.54, 1.807) is 13.3 Å². The van der Waals surface area contributed by atoms with Crippen molar-refractivity contribution in [3.8, 4) is 5.75 Å². The number of halogens is 1. The van der Waals surface area contributed by atoms with E-state index in [4.69, 9.17) is 16.3 Å². The highest BCUT2D eigenvalue weighted by Crippen LogP contribution is 2.22. The Morgan fingerprint density at radius 2 is 2.05 bits per heavy atom. The summed E-state index contributed by atoms with van der Waals surface area (Å²) in [5.41, 5.74) is 1.67. The Labute approximate surface area is 121 Å². The van der Waals surface area contributed by atoms with Gasteiger partial charge in [0.15, 0.2) is 0 Å². The Balaban J connectivity index is 1.93. The van der Waals surface area contributed by atoms with E-state index < -0.39 is 0 Å². The number of benzene rings is 2. The third-order valence-electron chi connectivity index (χ3n) is 2.87. The van der Waals surface area contributed by atoms with Crippen LogP contribution in [0.3, 0.4) is 0 Å². The van der Waals surface area contributed by atoms with Gasteiger partial charge in [-0.2, -0.15) is 0 Å². The standard InChI is InChI=1S/C15H12ClN3O/c1-20-13-4-2-3-12(8-13)18-15-17-9-10-5-6-11(16)7-14(10)19-15/h2-9H,1H3,(H,17,18,19). The quantitative estimate of drug-likeness (QED) is 0.789. The van der Waals surface area contributed by atoms with Gasteiger partial charge in [-0.3, -0.25) is 0 Å². The molecule has 0 saturated heterocycles. The van der Waals surface area contributed by atoms with Crippen LogP contribution >= 0.6 is 11.6 Å². The van der Waals surface area contributed by atoms with Crippen LogP contribution in [0.2, 0.25) is 5.02 Å². The minimum absolute atomic E-state index is 0.521. The number of rotatable bonds is 3. The van der Waals surface area contributed by atoms with Crippen molar-refractivity contribution in [2.24, 2.45) is 0 Å². The molecule has 0 amide bonds. The second-order valence-corrected chi connectivity index (χ2v) is 4.69. The maximum absolute atomic E-state index is 5.97. The SMILES string of the molecule is COc1cccc(Nc2ncc3ccc(Cl)cc3n2)c1. The Kier molecular flexibility index (Phi) is 3.39. The van der Waals surface area contributed by atoms with Crippen LogP contribution in [0.5, 0.6) is 5.75 Å². The molecule has 0 fully saturated rings. The first-order valence-electron chi connectivity index (χ1n) is 6.08. The van der Waals surface area contributed by atoms with Crippen LogP contribution in [0, 0.1) is 0 Å². The average Bonchev–Trinajstić information content (AvgIpc) is 2.47. The summed E-state index contributed by atoms with van der Waals surface area (Å²) in [4.78, 5) is 8.72. The van der Waals surface area contributed by atoms with E-state index in [0.717, 1.165) is 22.3 Å². The minimum atomic E-state index is 0.521. The number of nitrogens with one attached hydrogen (secondary N) is 1. The van der Waals surface area contributed by atoms with Gasteiger partial charge in [0.25, 0.3) is 0 Å². The molecule has 1 aromatic heterocycles. The van der Waals surface area contributed by atoms with Crippen LogP contribution in [0.15, 0.2) is 48.7 Å². The lowest BCUT2D eigenvalue weighted by Gasteiger charge is -2.07. The molecule has 0 aliphatic heterocycles. The van der Waals surface area contributed by atoms with E-state index in [1.807, 2.05) is 42.5 Å². The number of hydrogen-bond donors (Lipinski definition) is 1. The Hall–Kier alpha value is -2.33. The van der Waals surface area contributed by atoms with E-state index >= 15 is 0 Å². The number of methoxy groups -OCH3 is 1.